The standard InChI is InChI=1S/C12H16FN3O/c1-8(7-17-2)6-16-10-5-3-4-9(13)11(10)15-12(16)14/h3-5,8H,6-7H2,1-2H3,(H2,14,15). The first-order chi connectivity index (χ1) is 8.13. The molecule has 1 atom stereocenters. The van der Waals surface area contributed by atoms with Gasteiger partial charge in [0, 0.05) is 13.7 Å². The molecule has 5 heteroatoms. The molecule has 92 valence electrons. The number of hydrogen-bond donors (Lipinski definition) is 1. The molecule has 0 aliphatic heterocycles. The minimum Gasteiger partial charge on any atom is -0.384 e. The topological polar surface area (TPSA) is 53.1 Å². The van der Waals surface area contributed by atoms with Crippen molar-refractivity contribution in [3.05, 3.63) is 24.0 Å². The number of nitrogens with two attached hydrogens (primary N) is 1. The number of halogens is 1. The summed E-state index contributed by atoms with van der Waals surface area (Å²) in [6, 6.07) is 4.87. The van der Waals surface area contributed by atoms with Crippen LogP contribution in [-0.2, 0) is 11.3 Å². The van der Waals surface area contributed by atoms with Gasteiger partial charge >= 0.3 is 0 Å². The lowest BCUT2D eigenvalue weighted by atomic mass is 10.2. The predicted molar refractivity (Wildman–Crippen MR) is 65.1 cm³/mol. The molecule has 1 aromatic carbocycles. The smallest absolute Gasteiger partial charge is 0.201 e. The van der Waals surface area contributed by atoms with Gasteiger partial charge in [0.2, 0.25) is 5.95 Å². The number of ether oxygens (including phenoxy) is 1. The summed E-state index contributed by atoms with van der Waals surface area (Å²) in [7, 11) is 1.66. The molecule has 0 fully saturated rings. The van der Waals surface area contributed by atoms with E-state index in [2.05, 4.69) is 4.98 Å². The van der Waals surface area contributed by atoms with E-state index in [0.29, 0.717) is 30.5 Å². The number of nitrogen functional groups attached to an aromatic ring is 1. The summed E-state index contributed by atoms with van der Waals surface area (Å²) >= 11 is 0. The van der Waals surface area contributed by atoms with E-state index >= 15 is 0 Å². The molecule has 1 heterocycles. The lowest BCUT2D eigenvalue weighted by Crippen LogP contribution is -2.14. The Morgan fingerprint density at radius 2 is 2.29 bits per heavy atom. The van der Waals surface area contributed by atoms with Crippen LogP contribution in [0.4, 0.5) is 10.3 Å². The van der Waals surface area contributed by atoms with Gasteiger partial charge < -0.3 is 15.0 Å². The van der Waals surface area contributed by atoms with E-state index in [1.165, 1.54) is 6.07 Å². The van der Waals surface area contributed by atoms with Crippen LogP contribution in [0.25, 0.3) is 11.0 Å². The predicted octanol–water partition coefficient (Wildman–Crippen LogP) is 2.04. The number of methoxy groups -OCH3 is 1. The Hall–Kier alpha value is -1.62. The molecule has 2 rings (SSSR count). The van der Waals surface area contributed by atoms with Crippen molar-refractivity contribution >= 4 is 17.0 Å². The molecule has 1 unspecified atom stereocenters. The number of imidazole rings is 1. The molecule has 2 aromatic rings. The van der Waals surface area contributed by atoms with Crippen molar-refractivity contribution in [2.45, 2.75) is 13.5 Å². The summed E-state index contributed by atoms with van der Waals surface area (Å²) in [5.41, 5.74) is 6.87. The molecule has 0 radical (unpaired) electrons. The van der Waals surface area contributed by atoms with Crippen LogP contribution >= 0.6 is 0 Å². The third-order valence-electron chi connectivity index (χ3n) is 2.70. The average Bonchev–Trinajstić information content (AvgIpc) is 2.58. The van der Waals surface area contributed by atoms with E-state index in [-0.39, 0.29) is 5.82 Å². The van der Waals surface area contributed by atoms with Crippen molar-refractivity contribution in [3.8, 4) is 0 Å². The highest BCUT2D eigenvalue weighted by Gasteiger charge is 2.13. The van der Waals surface area contributed by atoms with Gasteiger partial charge in [0.25, 0.3) is 0 Å². The Morgan fingerprint density at radius 3 is 3.00 bits per heavy atom. The summed E-state index contributed by atoms with van der Waals surface area (Å²) in [5, 5.41) is 0. The summed E-state index contributed by atoms with van der Waals surface area (Å²) in [5.74, 6) is 0.295. The lowest BCUT2D eigenvalue weighted by molar-refractivity contribution is 0.152. The Bertz CT molecular complexity index is 524. The molecule has 0 amide bonds. The van der Waals surface area contributed by atoms with Gasteiger partial charge in [0.05, 0.1) is 12.1 Å². The molecule has 0 aliphatic rings. The van der Waals surface area contributed by atoms with Gasteiger partial charge in [0.15, 0.2) is 5.82 Å². The van der Waals surface area contributed by atoms with Gasteiger partial charge in [0.1, 0.15) is 5.52 Å². The van der Waals surface area contributed by atoms with E-state index < -0.39 is 0 Å². The van der Waals surface area contributed by atoms with E-state index in [1.54, 1.807) is 13.2 Å². The van der Waals surface area contributed by atoms with Gasteiger partial charge in [-0.2, -0.15) is 0 Å². The Labute approximate surface area is 99.2 Å². The zero-order chi connectivity index (χ0) is 12.4. The fraction of sp³-hybridized carbons (Fsp3) is 0.417. The molecule has 2 N–H and O–H groups in total. The SMILES string of the molecule is COCC(C)Cn1c(N)nc2c(F)cccc21. The number of rotatable bonds is 4. The van der Waals surface area contributed by atoms with Gasteiger partial charge in [-0.05, 0) is 18.1 Å². The molecule has 0 bridgehead atoms. The van der Waals surface area contributed by atoms with E-state index in [9.17, 15) is 4.39 Å². The van der Waals surface area contributed by atoms with Crippen LogP contribution in [0.5, 0.6) is 0 Å². The fourth-order valence-corrected chi connectivity index (χ4v) is 1.97. The summed E-state index contributed by atoms with van der Waals surface area (Å²) in [6.45, 7) is 3.35. The van der Waals surface area contributed by atoms with Crippen LogP contribution in [-0.4, -0.2) is 23.3 Å². The molecule has 4 nitrogen and oxygen atoms in total. The van der Waals surface area contributed by atoms with Crippen molar-refractivity contribution in [1.82, 2.24) is 9.55 Å². The number of aromatic nitrogens is 2. The molecule has 1 aromatic heterocycles. The third-order valence-corrected chi connectivity index (χ3v) is 2.70. The molecular formula is C12H16FN3O. The Balaban J connectivity index is 2.40. The van der Waals surface area contributed by atoms with Gasteiger partial charge in [-0.1, -0.05) is 13.0 Å². The number of hydrogen-bond acceptors (Lipinski definition) is 3. The van der Waals surface area contributed by atoms with Crippen LogP contribution < -0.4 is 5.73 Å². The normalized spacial score (nSPS) is 13.1. The second kappa shape index (κ2) is 4.71. The first-order valence-electron chi connectivity index (χ1n) is 5.52. The summed E-state index contributed by atoms with van der Waals surface area (Å²) in [4.78, 5) is 4.05. The lowest BCUT2D eigenvalue weighted by Gasteiger charge is -2.12. The zero-order valence-electron chi connectivity index (χ0n) is 9.98. The van der Waals surface area contributed by atoms with Crippen LogP contribution in [0.2, 0.25) is 0 Å². The molecule has 0 aliphatic carbocycles. The molecule has 0 saturated carbocycles. The van der Waals surface area contributed by atoms with E-state index in [1.807, 2.05) is 17.6 Å². The van der Waals surface area contributed by atoms with Crippen LogP contribution in [0.1, 0.15) is 6.92 Å². The quantitative estimate of drug-likeness (QED) is 0.885. The first-order valence-corrected chi connectivity index (χ1v) is 5.52. The average molecular weight is 237 g/mol. The highest BCUT2D eigenvalue weighted by molar-refractivity contribution is 5.78. The van der Waals surface area contributed by atoms with Crippen LogP contribution in [0.3, 0.4) is 0 Å². The largest absolute Gasteiger partial charge is 0.384 e. The molecule has 17 heavy (non-hydrogen) atoms. The first kappa shape index (κ1) is 11.9. The van der Waals surface area contributed by atoms with Crippen LogP contribution in [0, 0.1) is 11.7 Å². The second-order valence-corrected chi connectivity index (χ2v) is 4.25. The highest BCUT2D eigenvalue weighted by Crippen LogP contribution is 2.21. The fourth-order valence-electron chi connectivity index (χ4n) is 1.97. The van der Waals surface area contributed by atoms with Crippen molar-refractivity contribution in [2.24, 2.45) is 5.92 Å². The third kappa shape index (κ3) is 2.24. The Morgan fingerprint density at radius 1 is 1.53 bits per heavy atom. The van der Waals surface area contributed by atoms with E-state index in [0.717, 1.165) is 5.52 Å². The number of nitrogens with zero attached hydrogens (tertiary/aromatic N) is 2. The second-order valence-electron chi connectivity index (χ2n) is 4.25. The Kier molecular flexibility index (Phi) is 3.28. The monoisotopic (exact) mass is 237 g/mol. The van der Waals surface area contributed by atoms with Gasteiger partial charge in [-0.3, -0.25) is 0 Å². The maximum atomic E-state index is 13.5. The molecule has 0 saturated heterocycles. The van der Waals surface area contributed by atoms with Crippen molar-refractivity contribution < 1.29 is 9.13 Å². The number of anilines is 1. The summed E-state index contributed by atoms with van der Waals surface area (Å²) < 4.78 is 20.4. The van der Waals surface area contributed by atoms with Crippen molar-refractivity contribution in [1.29, 1.82) is 0 Å². The molecule has 0 spiro atoms. The maximum absolute atomic E-state index is 13.5. The maximum Gasteiger partial charge on any atom is 0.201 e. The van der Waals surface area contributed by atoms with Crippen LogP contribution in [0.15, 0.2) is 18.2 Å². The number of fused-ring (bicyclic) bond motifs is 1. The number of para-hydroxylation sites is 1. The minimum atomic E-state index is -0.340. The summed E-state index contributed by atoms with van der Waals surface area (Å²) in [6.07, 6.45) is 0. The van der Waals surface area contributed by atoms with Gasteiger partial charge in [-0.15, -0.1) is 0 Å². The zero-order valence-corrected chi connectivity index (χ0v) is 9.98. The van der Waals surface area contributed by atoms with Crippen molar-refractivity contribution in [3.63, 3.8) is 0 Å². The van der Waals surface area contributed by atoms with Crippen molar-refractivity contribution in [2.75, 3.05) is 19.5 Å². The molecular weight excluding hydrogens is 221 g/mol. The highest BCUT2D eigenvalue weighted by atomic mass is 19.1. The minimum absolute atomic E-state index is 0.294. The van der Waals surface area contributed by atoms with E-state index in [4.69, 9.17) is 10.5 Å². The number of benzene rings is 1. The van der Waals surface area contributed by atoms with Gasteiger partial charge in [-0.25, -0.2) is 9.37 Å².